The third-order valence-electron chi connectivity index (χ3n) is 3.81. The molecule has 3 rings (SSSR count). The van der Waals surface area contributed by atoms with Gasteiger partial charge in [0.2, 0.25) is 5.69 Å². The minimum atomic E-state index is -1.14. The topological polar surface area (TPSA) is 92.1 Å². The summed E-state index contributed by atoms with van der Waals surface area (Å²) in [5.41, 5.74) is 1.23. The minimum absolute atomic E-state index is 0.311. The smallest absolute Gasteiger partial charge is 0.322 e. The molecule has 1 N–H and O–H groups in total. The first-order valence-electron chi connectivity index (χ1n) is 7.31. The largest absolute Gasteiger partial charge is 0.530 e. The van der Waals surface area contributed by atoms with Crippen LogP contribution < -0.4 is 9.90 Å². The van der Waals surface area contributed by atoms with Crippen molar-refractivity contribution in [1.29, 1.82) is 0 Å². The molecule has 0 unspecified atom stereocenters. The number of hydrogen-bond donors (Lipinski definition) is 1. The summed E-state index contributed by atoms with van der Waals surface area (Å²) in [6.07, 6.45) is -1.14. The van der Waals surface area contributed by atoms with Gasteiger partial charge in [-0.25, -0.2) is 4.39 Å². The zero-order valence-corrected chi connectivity index (χ0v) is 12.7. The number of halogens is 1. The highest BCUT2D eigenvalue weighted by Gasteiger charge is 2.22. The Hall–Kier alpha value is -2.55. The van der Waals surface area contributed by atoms with Crippen molar-refractivity contribution in [3.05, 3.63) is 35.4 Å². The molecule has 1 aromatic heterocycles. The Bertz CT molecular complexity index is 711. The van der Waals surface area contributed by atoms with Gasteiger partial charge >= 0.3 is 5.82 Å². The Morgan fingerprint density at radius 3 is 2.83 bits per heavy atom. The Morgan fingerprint density at radius 1 is 1.39 bits per heavy atom. The summed E-state index contributed by atoms with van der Waals surface area (Å²) in [6, 6.07) is 4.76. The highest BCUT2D eigenvalue weighted by molar-refractivity contribution is 5.62. The number of carbonyl (C=O) groups is 1. The minimum Gasteiger partial charge on any atom is -0.530 e. The number of nitrogens with zero attached hydrogens (tertiary/aromatic N) is 5. The number of carbonyl (C=O) groups excluding carboxylic acids is 1. The Morgan fingerprint density at radius 2 is 2.13 bits per heavy atom. The van der Waals surface area contributed by atoms with Gasteiger partial charge in [0.25, 0.3) is 0 Å². The standard InChI is InChI=1S/C14H17FN6O2/c1-10-2-3-11(15)12(8-10)21-17-13(16-18-21)9-19-4-6-20(7-5-19)14(22)23/h2-3,8H,4-7,9H2,1H3,(H,22,23). The van der Waals surface area contributed by atoms with Gasteiger partial charge in [-0.05, 0) is 39.7 Å². The molecule has 122 valence electrons. The summed E-state index contributed by atoms with van der Waals surface area (Å²) < 4.78 is 13.9. The van der Waals surface area contributed by atoms with E-state index in [2.05, 4.69) is 15.4 Å². The van der Waals surface area contributed by atoms with E-state index < -0.39 is 6.09 Å². The lowest BCUT2D eigenvalue weighted by atomic mass is 10.2. The van der Waals surface area contributed by atoms with Crippen LogP contribution in [0.15, 0.2) is 18.2 Å². The van der Waals surface area contributed by atoms with Crippen molar-refractivity contribution in [2.24, 2.45) is 0 Å². The van der Waals surface area contributed by atoms with E-state index in [4.69, 9.17) is 0 Å². The maximum atomic E-state index is 13.9. The van der Waals surface area contributed by atoms with Crippen molar-refractivity contribution in [2.75, 3.05) is 26.2 Å². The van der Waals surface area contributed by atoms with Crippen LogP contribution in [0.1, 0.15) is 11.4 Å². The molecule has 0 bridgehead atoms. The molecule has 9 heteroatoms. The molecule has 0 spiro atoms. The zero-order chi connectivity index (χ0) is 16.4. The van der Waals surface area contributed by atoms with E-state index in [0.717, 1.165) is 5.56 Å². The maximum absolute atomic E-state index is 13.9. The molecule has 1 aliphatic rings. The van der Waals surface area contributed by atoms with Crippen molar-refractivity contribution in [2.45, 2.75) is 13.5 Å². The molecule has 8 nitrogen and oxygen atoms in total. The second-order valence-corrected chi connectivity index (χ2v) is 5.52. The number of benzene rings is 1. The molecule has 23 heavy (non-hydrogen) atoms. The first-order valence-corrected chi connectivity index (χ1v) is 7.31. The molecule has 1 aliphatic heterocycles. The van der Waals surface area contributed by atoms with Gasteiger partial charge in [-0.3, -0.25) is 4.90 Å². The van der Waals surface area contributed by atoms with Gasteiger partial charge in [0, 0.05) is 26.2 Å². The summed E-state index contributed by atoms with van der Waals surface area (Å²) >= 11 is 0. The van der Waals surface area contributed by atoms with E-state index in [-0.39, 0.29) is 5.82 Å². The van der Waals surface area contributed by atoms with Crippen molar-refractivity contribution in [1.82, 2.24) is 25.2 Å². The quantitative estimate of drug-likeness (QED) is 0.732. The first kappa shape index (κ1) is 15.3. The SMILES string of the molecule is Cc1ccc(F)c(-[n+]2nc(CN3CCN(C(=O)[O-])CC3)n[nH]2)c1. The number of nitrogens with one attached hydrogen (secondary N) is 1. The number of rotatable bonds is 3. The molecule has 1 fully saturated rings. The molecular formula is C14H17FN6O2. The van der Waals surface area contributed by atoms with Crippen LogP contribution in [0.25, 0.3) is 5.69 Å². The summed E-state index contributed by atoms with van der Waals surface area (Å²) in [5.74, 6) is 0.138. The number of piperazine rings is 1. The van der Waals surface area contributed by atoms with Crippen LogP contribution in [0.2, 0.25) is 0 Å². The highest BCUT2D eigenvalue weighted by atomic mass is 19.1. The van der Waals surface area contributed by atoms with Gasteiger partial charge in [-0.15, -0.1) is 0 Å². The fourth-order valence-electron chi connectivity index (χ4n) is 2.51. The predicted octanol–water partition coefficient (Wildman–Crippen LogP) is -1.01. The number of aromatic nitrogens is 4. The van der Waals surface area contributed by atoms with Crippen LogP contribution >= 0.6 is 0 Å². The van der Waals surface area contributed by atoms with Crippen LogP contribution in [0.4, 0.5) is 9.18 Å². The van der Waals surface area contributed by atoms with Crippen LogP contribution in [0.5, 0.6) is 0 Å². The van der Waals surface area contributed by atoms with Crippen molar-refractivity contribution >= 4 is 6.09 Å². The second-order valence-electron chi connectivity index (χ2n) is 5.52. The van der Waals surface area contributed by atoms with Gasteiger partial charge in [-0.1, -0.05) is 6.07 Å². The van der Waals surface area contributed by atoms with Crippen molar-refractivity contribution in [3.8, 4) is 5.69 Å². The van der Waals surface area contributed by atoms with Crippen molar-refractivity contribution in [3.63, 3.8) is 0 Å². The summed E-state index contributed by atoms with van der Waals surface area (Å²) in [7, 11) is 0. The molecule has 2 aromatic rings. The number of aryl methyl sites for hydroxylation is 1. The zero-order valence-electron chi connectivity index (χ0n) is 12.7. The fourth-order valence-corrected chi connectivity index (χ4v) is 2.51. The van der Waals surface area contributed by atoms with Crippen LogP contribution in [0, 0.1) is 12.7 Å². The van der Waals surface area contributed by atoms with E-state index in [1.807, 2.05) is 11.8 Å². The summed E-state index contributed by atoms with van der Waals surface area (Å²) in [4.78, 5) is 15.4. The summed E-state index contributed by atoms with van der Waals surface area (Å²) in [5, 5.41) is 21.8. The lowest BCUT2D eigenvalue weighted by Gasteiger charge is -2.35. The van der Waals surface area contributed by atoms with E-state index in [0.29, 0.717) is 44.2 Å². The monoisotopic (exact) mass is 320 g/mol. The van der Waals surface area contributed by atoms with Crippen LogP contribution in [-0.4, -0.2) is 57.5 Å². The Kier molecular flexibility index (Phi) is 4.20. The average Bonchev–Trinajstić information content (AvgIpc) is 2.98. The highest BCUT2D eigenvalue weighted by Crippen LogP contribution is 2.09. The average molecular weight is 320 g/mol. The van der Waals surface area contributed by atoms with Gasteiger partial charge in [0.1, 0.15) is 6.09 Å². The number of H-pyrrole nitrogens is 1. The van der Waals surface area contributed by atoms with E-state index in [1.165, 1.54) is 15.8 Å². The summed E-state index contributed by atoms with van der Waals surface area (Å²) in [6.45, 7) is 4.32. The number of hydrogen-bond acceptors (Lipinski definition) is 5. The molecule has 0 aliphatic carbocycles. The predicted molar refractivity (Wildman–Crippen MR) is 74.9 cm³/mol. The number of amides is 1. The first-order chi connectivity index (χ1) is 11.0. The second kappa shape index (κ2) is 6.29. The van der Waals surface area contributed by atoms with Gasteiger partial charge in [0.05, 0.1) is 11.6 Å². The normalized spacial score (nSPS) is 15.8. The van der Waals surface area contributed by atoms with Gasteiger partial charge in [-0.2, -0.15) is 0 Å². The molecule has 1 saturated heterocycles. The molecule has 1 aromatic carbocycles. The maximum Gasteiger partial charge on any atom is 0.322 e. The molecule has 0 saturated carbocycles. The van der Waals surface area contributed by atoms with Gasteiger partial charge in [0.15, 0.2) is 5.82 Å². The van der Waals surface area contributed by atoms with Crippen LogP contribution in [-0.2, 0) is 6.54 Å². The van der Waals surface area contributed by atoms with E-state index in [1.54, 1.807) is 12.1 Å². The molecule has 0 atom stereocenters. The number of aromatic amines is 1. The lowest BCUT2D eigenvalue weighted by Crippen LogP contribution is -2.52. The molecule has 0 radical (unpaired) electrons. The third-order valence-corrected chi connectivity index (χ3v) is 3.81. The Labute approximate surface area is 132 Å². The number of carboxylic acid groups (broad SMARTS) is 1. The van der Waals surface area contributed by atoms with E-state index >= 15 is 0 Å². The number of tetrazole rings is 1. The van der Waals surface area contributed by atoms with Crippen molar-refractivity contribution < 1.29 is 19.1 Å². The Balaban J connectivity index is 1.66. The molecule has 1 amide bonds. The lowest BCUT2D eigenvalue weighted by molar-refractivity contribution is -0.718. The van der Waals surface area contributed by atoms with Crippen LogP contribution in [0.3, 0.4) is 0 Å². The van der Waals surface area contributed by atoms with Gasteiger partial charge < -0.3 is 14.8 Å². The fraction of sp³-hybridized carbons (Fsp3) is 0.429. The third kappa shape index (κ3) is 3.45. The molecular weight excluding hydrogens is 303 g/mol. The van der Waals surface area contributed by atoms with E-state index in [9.17, 15) is 14.3 Å². The molecule has 2 heterocycles.